The van der Waals surface area contributed by atoms with Crippen LogP contribution in [0, 0.1) is 19.0 Å². The topological polar surface area (TPSA) is 56.7 Å². The fourth-order valence-electron chi connectivity index (χ4n) is 10.9. The Labute approximate surface area is 491 Å². The standard InChI is InChI=1S/C60H57N2O.C14H15N2.Ir/c1-35(2)49-31-43(39-24-22-38(23-25-39)42-28-44(59(6,7)8)33-45(29-42)60(9,10)11)32-50(36(3)4)56(49)62-55-37(5)16-14-21-53(55)61-58(62)48-20-15-19-47-52-30-41-27-26-40-17-12-13-18-46(40)51(41)34-54(52)63-57(47)48;1-14(2,3)12-9-10-15-13(16-12)11-7-5-4-6-8-11;/h12-19,21-36H,1-11H3;4-7,9-10H,1-3H3;/q2*-1;/i5D3;;. The van der Waals surface area contributed by atoms with Gasteiger partial charge in [0.15, 0.2) is 0 Å². The number of para-hydroxylation sites is 1. The Balaban J connectivity index is 0.000000390. The summed E-state index contributed by atoms with van der Waals surface area (Å²) in [7, 11) is 0. The third-order valence-electron chi connectivity index (χ3n) is 15.4. The Morgan fingerprint density at radius 3 is 1.81 bits per heavy atom. The number of benzene rings is 9. The van der Waals surface area contributed by atoms with Crippen molar-refractivity contribution < 1.29 is 28.6 Å². The van der Waals surface area contributed by atoms with Crippen LogP contribution in [-0.2, 0) is 36.4 Å². The summed E-state index contributed by atoms with van der Waals surface area (Å²) < 4.78 is 35.5. The molecule has 0 aliphatic carbocycles. The molecule has 0 aliphatic heterocycles. The molecule has 0 atom stereocenters. The second-order valence-electron chi connectivity index (χ2n) is 25.0. The number of imidazole rings is 1. The number of hydrogen-bond donors (Lipinski definition) is 0. The van der Waals surface area contributed by atoms with E-state index in [0.29, 0.717) is 28.0 Å². The van der Waals surface area contributed by atoms with E-state index in [0.717, 1.165) is 72.2 Å². The van der Waals surface area contributed by atoms with E-state index in [1.54, 1.807) is 12.1 Å². The first-order chi connectivity index (χ1) is 38.8. The summed E-state index contributed by atoms with van der Waals surface area (Å²) >= 11 is 0. The van der Waals surface area contributed by atoms with Crippen molar-refractivity contribution in [2.24, 2.45) is 0 Å². The second-order valence-corrected chi connectivity index (χ2v) is 25.0. The van der Waals surface area contributed by atoms with Crippen molar-refractivity contribution in [3.05, 3.63) is 216 Å². The fraction of sp³-hybridized carbons (Fsp3) is 0.257. The zero-order valence-corrected chi connectivity index (χ0v) is 50.7. The van der Waals surface area contributed by atoms with Crippen molar-refractivity contribution in [3.8, 4) is 50.7 Å². The molecule has 0 amide bonds. The number of fused-ring (bicyclic) bond motifs is 7. The van der Waals surface area contributed by atoms with Crippen LogP contribution in [0.1, 0.15) is 139 Å². The first kappa shape index (κ1) is 51.9. The zero-order chi connectivity index (χ0) is 58.2. The van der Waals surface area contributed by atoms with Gasteiger partial charge in [0, 0.05) is 52.6 Å². The predicted molar refractivity (Wildman–Crippen MR) is 334 cm³/mol. The minimum atomic E-state index is -2.40. The fourth-order valence-corrected chi connectivity index (χ4v) is 10.9. The van der Waals surface area contributed by atoms with E-state index in [2.05, 4.69) is 226 Å². The Bertz CT molecular complexity index is 4320. The average Bonchev–Trinajstić information content (AvgIpc) is 4.16. The molecular weight excluding hydrogens is 1150 g/mol. The van der Waals surface area contributed by atoms with Crippen LogP contribution in [0.15, 0.2) is 174 Å². The van der Waals surface area contributed by atoms with Crippen molar-refractivity contribution in [1.29, 1.82) is 0 Å². The summed E-state index contributed by atoms with van der Waals surface area (Å²) in [4.78, 5) is 14.2. The molecule has 0 fully saturated rings. The smallest absolute Gasteiger partial charge is 0.121 e. The molecule has 9 aromatic carbocycles. The van der Waals surface area contributed by atoms with E-state index in [9.17, 15) is 0 Å². The molecule has 3 aromatic heterocycles. The minimum Gasteiger partial charge on any atom is -0.501 e. The van der Waals surface area contributed by atoms with Crippen LogP contribution in [0.25, 0.3) is 105 Å². The van der Waals surface area contributed by atoms with Crippen LogP contribution < -0.4 is 0 Å². The van der Waals surface area contributed by atoms with Gasteiger partial charge in [-0.3, -0.25) is 15.0 Å². The molecule has 6 heteroatoms. The predicted octanol–water partition coefficient (Wildman–Crippen LogP) is 20.4. The van der Waals surface area contributed by atoms with Crippen molar-refractivity contribution in [2.75, 3.05) is 0 Å². The van der Waals surface area contributed by atoms with Gasteiger partial charge in [0.1, 0.15) is 5.58 Å². The van der Waals surface area contributed by atoms with Gasteiger partial charge in [-0.25, -0.2) is 0 Å². The molecular formula is C74H72IrN4O-2. The summed E-state index contributed by atoms with van der Waals surface area (Å²) in [6.07, 6.45) is 1.81. The Kier molecular flexibility index (Phi) is 14.0. The van der Waals surface area contributed by atoms with Crippen molar-refractivity contribution >= 4 is 54.5 Å². The van der Waals surface area contributed by atoms with Gasteiger partial charge >= 0.3 is 0 Å². The molecule has 0 spiro atoms. The van der Waals surface area contributed by atoms with Crippen LogP contribution in [0.4, 0.5) is 0 Å². The quantitative estimate of drug-likeness (QED) is 0.118. The average molecular weight is 1230 g/mol. The van der Waals surface area contributed by atoms with Crippen molar-refractivity contribution in [1.82, 2.24) is 19.5 Å². The SMILES string of the molecule is CC(C)(C)c1ccnc(-c2[c-]cccc2)n1.[2H]C([2H])([2H])c1cccc2nc(-c3[c-]ccc4c3oc3cc5c(ccc6ccccc65)cc34)n(-c3c(C(C)C)cc(-c4ccc(-c5cc(C(C)(C)C)cc(C(C)(C)C)c5)cc4)cc3C(C)C)c12.[Ir]. The summed E-state index contributed by atoms with van der Waals surface area (Å²) in [6, 6.07) is 63.7. The van der Waals surface area contributed by atoms with Gasteiger partial charge in [-0.2, -0.15) is 0 Å². The number of aromatic nitrogens is 4. The summed E-state index contributed by atoms with van der Waals surface area (Å²) in [5.41, 5.74) is 16.1. The van der Waals surface area contributed by atoms with Gasteiger partial charge in [-0.1, -0.05) is 192 Å². The summed E-state index contributed by atoms with van der Waals surface area (Å²) in [5, 5.41) is 6.57. The van der Waals surface area contributed by atoms with Crippen LogP contribution in [0.2, 0.25) is 0 Å². The van der Waals surface area contributed by atoms with E-state index >= 15 is 0 Å². The molecule has 0 aliphatic rings. The molecule has 5 nitrogen and oxygen atoms in total. The van der Waals surface area contributed by atoms with E-state index in [1.807, 2.05) is 48.7 Å². The Hall–Kier alpha value is -7.50. The number of furan rings is 1. The van der Waals surface area contributed by atoms with Gasteiger partial charge in [0.2, 0.25) is 0 Å². The van der Waals surface area contributed by atoms with E-state index in [-0.39, 0.29) is 53.7 Å². The normalized spacial score (nSPS) is 13.0. The largest absolute Gasteiger partial charge is 0.501 e. The number of aryl methyl sites for hydroxylation is 1. The maximum Gasteiger partial charge on any atom is 0.121 e. The van der Waals surface area contributed by atoms with Crippen LogP contribution in [0.3, 0.4) is 0 Å². The third-order valence-corrected chi connectivity index (χ3v) is 15.4. The number of rotatable bonds is 7. The molecule has 0 saturated carbocycles. The Morgan fingerprint density at radius 2 is 1.19 bits per heavy atom. The van der Waals surface area contributed by atoms with Gasteiger partial charge in [-0.05, 0) is 138 Å². The molecule has 80 heavy (non-hydrogen) atoms. The van der Waals surface area contributed by atoms with Crippen LogP contribution in [-0.4, -0.2) is 19.5 Å². The first-order valence-corrected chi connectivity index (χ1v) is 27.8. The van der Waals surface area contributed by atoms with E-state index in [1.165, 1.54) is 33.0 Å². The van der Waals surface area contributed by atoms with E-state index in [4.69, 9.17) is 13.5 Å². The number of hydrogen-bond acceptors (Lipinski definition) is 4. The van der Waals surface area contributed by atoms with Crippen molar-refractivity contribution in [2.45, 2.75) is 125 Å². The summed E-state index contributed by atoms with van der Waals surface area (Å²) in [6.45, 7) is 26.6. The maximum absolute atomic E-state index is 8.81. The molecule has 12 rings (SSSR count). The third kappa shape index (κ3) is 10.7. The van der Waals surface area contributed by atoms with Gasteiger partial charge in [0.05, 0.1) is 28.3 Å². The molecule has 405 valence electrons. The number of nitrogens with zero attached hydrogens (tertiary/aromatic N) is 4. The minimum absolute atomic E-state index is 0. The Morgan fingerprint density at radius 1 is 0.537 bits per heavy atom. The van der Waals surface area contributed by atoms with Gasteiger partial charge < -0.3 is 8.98 Å². The first-order valence-electron chi connectivity index (χ1n) is 29.3. The molecule has 0 N–H and O–H groups in total. The second kappa shape index (κ2) is 21.5. The molecule has 0 unspecified atom stereocenters. The molecule has 0 saturated heterocycles. The molecule has 1 radical (unpaired) electrons. The van der Waals surface area contributed by atoms with Crippen molar-refractivity contribution in [3.63, 3.8) is 0 Å². The van der Waals surface area contributed by atoms with Crippen LogP contribution in [0.5, 0.6) is 0 Å². The van der Waals surface area contributed by atoms with Gasteiger partial charge in [-0.15, -0.1) is 54.1 Å². The molecule has 12 aromatic rings. The molecule has 3 heterocycles. The van der Waals surface area contributed by atoms with Gasteiger partial charge in [0.25, 0.3) is 0 Å². The van der Waals surface area contributed by atoms with Crippen LogP contribution >= 0.6 is 0 Å². The molecule has 0 bridgehead atoms. The zero-order valence-electron chi connectivity index (χ0n) is 51.4. The van der Waals surface area contributed by atoms with E-state index < -0.39 is 6.85 Å². The maximum atomic E-state index is 8.81. The summed E-state index contributed by atoms with van der Waals surface area (Å²) in [5.74, 6) is 1.49. The monoisotopic (exact) mass is 1230 g/mol.